The number of halogens is 1. The summed E-state index contributed by atoms with van der Waals surface area (Å²) in [5, 5.41) is 18.3. The molecule has 20 heavy (non-hydrogen) atoms. The Morgan fingerprint density at radius 1 is 1.10 bits per heavy atom. The van der Waals surface area contributed by atoms with Crippen molar-refractivity contribution in [2.45, 2.75) is 6.54 Å². The lowest BCUT2D eigenvalue weighted by molar-refractivity contribution is 0.301. The van der Waals surface area contributed by atoms with E-state index in [9.17, 15) is 9.50 Å². The topological polar surface area (TPSA) is 47.3 Å². The first kappa shape index (κ1) is 14.0. The minimum Gasteiger partial charge on any atom is -0.395 e. The SMILES string of the molecule is N#Cc1c(F)cccc1N(CCO)Cc1ccccc1. The predicted octanol–water partition coefficient (Wildman–Crippen LogP) is 2.70. The Balaban J connectivity index is 2.34. The average molecular weight is 270 g/mol. The Morgan fingerprint density at radius 2 is 1.85 bits per heavy atom. The van der Waals surface area contributed by atoms with Crippen LogP contribution in [0, 0.1) is 17.1 Å². The van der Waals surface area contributed by atoms with E-state index in [2.05, 4.69) is 0 Å². The molecule has 0 bridgehead atoms. The van der Waals surface area contributed by atoms with E-state index in [1.807, 2.05) is 36.4 Å². The van der Waals surface area contributed by atoms with Gasteiger partial charge in [0, 0.05) is 13.1 Å². The summed E-state index contributed by atoms with van der Waals surface area (Å²) in [6.45, 7) is 0.792. The second kappa shape index (κ2) is 6.69. The lowest BCUT2D eigenvalue weighted by Gasteiger charge is -2.25. The summed E-state index contributed by atoms with van der Waals surface area (Å²) in [4.78, 5) is 1.80. The van der Waals surface area contributed by atoms with Crippen molar-refractivity contribution in [3.63, 3.8) is 0 Å². The summed E-state index contributed by atoms with van der Waals surface area (Å²) in [5.41, 5.74) is 1.55. The minimum absolute atomic E-state index is 0.0110. The molecule has 0 saturated carbocycles. The second-order valence-corrected chi connectivity index (χ2v) is 4.38. The zero-order chi connectivity index (χ0) is 14.4. The van der Waals surface area contributed by atoms with Gasteiger partial charge in [0.15, 0.2) is 0 Å². The van der Waals surface area contributed by atoms with Gasteiger partial charge in [0.2, 0.25) is 0 Å². The van der Waals surface area contributed by atoms with Crippen molar-refractivity contribution in [1.29, 1.82) is 5.26 Å². The fraction of sp³-hybridized carbons (Fsp3) is 0.188. The number of aliphatic hydroxyl groups excluding tert-OH is 1. The molecule has 4 heteroatoms. The van der Waals surface area contributed by atoms with E-state index in [0.29, 0.717) is 18.8 Å². The van der Waals surface area contributed by atoms with Gasteiger partial charge < -0.3 is 10.0 Å². The highest BCUT2D eigenvalue weighted by molar-refractivity contribution is 5.60. The van der Waals surface area contributed by atoms with Gasteiger partial charge in [-0.2, -0.15) is 5.26 Å². The summed E-state index contributed by atoms with van der Waals surface area (Å²) in [7, 11) is 0. The van der Waals surface area contributed by atoms with Crippen LogP contribution in [0.4, 0.5) is 10.1 Å². The van der Waals surface area contributed by atoms with Crippen molar-refractivity contribution < 1.29 is 9.50 Å². The Labute approximate surface area is 117 Å². The number of nitriles is 1. The van der Waals surface area contributed by atoms with Crippen molar-refractivity contribution >= 4 is 5.69 Å². The molecule has 0 aliphatic rings. The minimum atomic E-state index is -0.541. The first-order chi connectivity index (χ1) is 9.76. The summed E-state index contributed by atoms with van der Waals surface area (Å²) >= 11 is 0. The van der Waals surface area contributed by atoms with Crippen LogP contribution in [0.5, 0.6) is 0 Å². The van der Waals surface area contributed by atoms with Gasteiger partial charge in [-0.05, 0) is 17.7 Å². The first-order valence-corrected chi connectivity index (χ1v) is 6.34. The molecule has 0 aliphatic carbocycles. The van der Waals surface area contributed by atoms with Crippen LogP contribution in [-0.2, 0) is 6.54 Å². The fourth-order valence-corrected chi connectivity index (χ4v) is 2.10. The fourth-order valence-electron chi connectivity index (χ4n) is 2.10. The Kier molecular flexibility index (Phi) is 4.70. The number of hydrogen-bond acceptors (Lipinski definition) is 3. The van der Waals surface area contributed by atoms with Gasteiger partial charge in [-0.25, -0.2) is 4.39 Å². The Bertz CT molecular complexity index is 608. The second-order valence-electron chi connectivity index (χ2n) is 4.38. The molecule has 0 aromatic heterocycles. The molecule has 0 amide bonds. The molecular weight excluding hydrogens is 255 g/mol. The molecule has 0 saturated heterocycles. The molecule has 0 unspecified atom stereocenters. The number of aliphatic hydroxyl groups is 1. The number of nitrogens with zero attached hydrogens (tertiary/aromatic N) is 2. The van der Waals surface area contributed by atoms with E-state index in [1.54, 1.807) is 17.0 Å². The maximum atomic E-state index is 13.7. The number of benzene rings is 2. The molecule has 102 valence electrons. The van der Waals surface area contributed by atoms with Crippen LogP contribution >= 0.6 is 0 Å². The predicted molar refractivity (Wildman–Crippen MR) is 75.7 cm³/mol. The summed E-state index contributed by atoms with van der Waals surface area (Å²) in [6, 6.07) is 16.1. The molecule has 2 rings (SSSR count). The first-order valence-electron chi connectivity index (χ1n) is 6.34. The molecular formula is C16H15FN2O. The molecule has 1 N–H and O–H groups in total. The summed E-state index contributed by atoms with van der Waals surface area (Å²) < 4.78 is 13.7. The molecule has 0 spiro atoms. The van der Waals surface area contributed by atoms with Gasteiger partial charge in [-0.1, -0.05) is 36.4 Å². The van der Waals surface area contributed by atoms with Gasteiger partial charge in [-0.15, -0.1) is 0 Å². The smallest absolute Gasteiger partial charge is 0.143 e. The van der Waals surface area contributed by atoms with Gasteiger partial charge in [0.25, 0.3) is 0 Å². The van der Waals surface area contributed by atoms with Crippen LogP contribution in [0.25, 0.3) is 0 Å². The summed E-state index contributed by atoms with van der Waals surface area (Å²) in [5.74, 6) is -0.541. The Hall–Kier alpha value is -2.38. The highest BCUT2D eigenvalue weighted by Crippen LogP contribution is 2.24. The molecule has 0 radical (unpaired) electrons. The largest absolute Gasteiger partial charge is 0.395 e. The third-order valence-corrected chi connectivity index (χ3v) is 3.03. The zero-order valence-electron chi connectivity index (χ0n) is 11.0. The molecule has 0 fully saturated rings. The van der Waals surface area contributed by atoms with E-state index < -0.39 is 5.82 Å². The van der Waals surface area contributed by atoms with E-state index in [0.717, 1.165) is 5.56 Å². The van der Waals surface area contributed by atoms with Crippen molar-refractivity contribution in [2.75, 3.05) is 18.1 Å². The van der Waals surface area contributed by atoms with E-state index in [4.69, 9.17) is 5.26 Å². The number of hydrogen-bond donors (Lipinski definition) is 1. The average Bonchev–Trinajstić information content (AvgIpc) is 2.47. The molecule has 0 aliphatic heterocycles. The standard InChI is InChI=1S/C16H15FN2O/c17-15-7-4-8-16(14(15)11-18)19(9-10-20)12-13-5-2-1-3-6-13/h1-8,20H,9-10,12H2. The van der Waals surface area contributed by atoms with E-state index in [-0.39, 0.29) is 12.2 Å². The maximum Gasteiger partial charge on any atom is 0.143 e. The number of rotatable bonds is 5. The van der Waals surface area contributed by atoms with Gasteiger partial charge in [0.05, 0.1) is 12.3 Å². The number of anilines is 1. The van der Waals surface area contributed by atoms with Crippen molar-refractivity contribution in [3.8, 4) is 6.07 Å². The highest BCUT2D eigenvalue weighted by Gasteiger charge is 2.14. The molecule has 0 heterocycles. The zero-order valence-corrected chi connectivity index (χ0v) is 11.0. The monoisotopic (exact) mass is 270 g/mol. The quantitative estimate of drug-likeness (QED) is 0.908. The highest BCUT2D eigenvalue weighted by atomic mass is 19.1. The molecule has 3 nitrogen and oxygen atoms in total. The van der Waals surface area contributed by atoms with Crippen molar-refractivity contribution in [2.24, 2.45) is 0 Å². The van der Waals surface area contributed by atoms with Crippen LogP contribution in [0.15, 0.2) is 48.5 Å². The molecule has 2 aromatic carbocycles. The Morgan fingerprint density at radius 3 is 2.50 bits per heavy atom. The van der Waals surface area contributed by atoms with Crippen LogP contribution < -0.4 is 4.90 Å². The van der Waals surface area contributed by atoms with Crippen molar-refractivity contribution in [1.82, 2.24) is 0 Å². The van der Waals surface area contributed by atoms with Gasteiger partial charge in [0.1, 0.15) is 17.4 Å². The third-order valence-electron chi connectivity index (χ3n) is 3.03. The van der Waals surface area contributed by atoms with Gasteiger partial charge >= 0.3 is 0 Å². The van der Waals surface area contributed by atoms with E-state index >= 15 is 0 Å². The third kappa shape index (κ3) is 3.14. The van der Waals surface area contributed by atoms with Crippen LogP contribution in [0.1, 0.15) is 11.1 Å². The van der Waals surface area contributed by atoms with E-state index in [1.165, 1.54) is 6.07 Å². The van der Waals surface area contributed by atoms with Crippen molar-refractivity contribution in [3.05, 3.63) is 65.5 Å². The normalized spacial score (nSPS) is 10.1. The van der Waals surface area contributed by atoms with Crippen LogP contribution in [0.3, 0.4) is 0 Å². The molecule has 2 aromatic rings. The summed E-state index contributed by atoms with van der Waals surface area (Å²) in [6.07, 6.45) is 0. The van der Waals surface area contributed by atoms with Crippen LogP contribution in [0.2, 0.25) is 0 Å². The lowest BCUT2D eigenvalue weighted by atomic mass is 10.1. The maximum absolute atomic E-state index is 13.7. The molecule has 0 atom stereocenters. The van der Waals surface area contributed by atoms with Crippen LogP contribution in [-0.4, -0.2) is 18.3 Å². The lowest BCUT2D eigenvalue weighted by Crippen LogP contribution is -2.27. The van der Waals surface area contributed by atoms with Gasteiger partial charge in [-0.3, -0.25) is 0 Å².